The number of halogens is 1. The molecule has 2 rings (SSSR count). The molecule has 0 radical (unpaired) electrons. The molecule has 0 aliphatic carbocycles. The predicted molar refractivity (Wildman–Crippen MR) is 68.7 cm³/mol. The number of aromatic nitrogens is 1. The van der Waals surface area contributed by atoms with E-state index in [4.69, 9.17) is 0 Å². The minimum absolute atomic E-state index is 0.318. The molecular weight excluding hydrogens is 229 g/mol. The lowest BCUT2D eigenvalue weighted by atomic mass is 9.99. The predicted octanol–water partition coefficient (Wildman–Crippen LogP) is 3.20. The SMILES string of the molecule is Cc1ccccc1CCC(O)c1ccncc1F. The van der Waals surface area contributed by atoms with E-state index >= 15 is 0 Å². The largest absolute Gasteiger partial charge is 0.388 e. The molecular formula is C15H16FNO. The van der Waals surface area contributed by atoms with Gasteiger partial charge in [0, 0.05) is 11.8 Å². The van der Waals surface area contributed by atoms with Crippen LogP contribution in [0.5, 0.6) is 0 Å². The summed E-state index contributed by atoms with van der Waals surface area (Å²) >= 11 is 0. The smallest absolute Gasteiger partial charge is 0.147 e. The van der Waals surface area contributed by atoms with Gasteiger partial charge in [0.05, 0.1) is 12.3 Å². The molecule has 1 N–H and O–H groups in total. The van der Waals surface area contributed by atoms with Crippen LogP contribution < -0.4 is 0 Å². The van der Waals surface area contributed by atoms with Gasteiger partial charge in [-0.15, -0.1) is 0 Å². The van der Waals surface area contributed by atoms with Gasteiger partial charge in [-0.05, 0) is 37.0 Å². The third-order valence-electron chi connectivity index (χ3n) is 3.11. The molecule has 0 amide bonds. The van der Waals surface area contributed by atoms with Crippen molar-refractivity contribution in [3.8, 4) is 0 Å². The molecule has 0 saturated carbocycles. The quantitative estimate of drug-likeness (QED) is 0.897. The fourth-order valence-corrected chi connectivity index (χ4v) is 1.99. The van der Waals surface area contributed by atoms with Crippen LogP contribution in [0, 0.1) is 12.7 Å². The van der Waals surface area contributed by atoms with E-state index < -0.39 is 11.9 Å². The fraction of sp³-hybridized carbons (Fsp3) is 0.267. The van der Waals surface area contributed by atoms with Gasteiger partial charge in [0.2, 0.25) is 0 Å². The molecule has 0 aliphatic heterocycles. The number of nitrogens with zero attached hydrogens (tertiary/aromatic N) is 1. The summed E-state index contributed by atoms with van der Waals surface area (Å²) in [5, 5.41) is 9.99. The van der Waals surface area contributed by atoms with Gasteiger partial charge in [0.1, 0.15) is 5.82 Å². The molecule has 0 saturated heterocycles. The normalized spacial score (nSPS) is 12.4. The number of hydrogen-bond donors (Lipinski definition) is 1. The van der Waals surface area contributed by atoms with Crippen LogP contribution >= 0.6 is 0 Å². The second kappa shape index (κ2) is 5.74. The van der Waals surface area contributed by atoms with Crippen molar-refractivity contribution in [3.63, 3.8) is 0 Å². The summed E-state index contributed by atoms with van der Waals surface area (Å²) < 4.78 is 13.4. The van der Waals surface area contributed by atoms with E-state index in [-0.39, 0.29) is 0 Å². The maximum absolute atomic E-state index is 13.4. The van der Waals surface area contributed by atoms with Gasteiger partial charge < -0.3 is 5.11 Å². The molecule has 3 heteroatoms. The molecule has 1 atom stereocenters. The molecule has 1 heterocycles. The maximum atomic E-state index is 13.4. The van der Waals surface area contributed by atoms with E-state index in [0.717, 1.165) is 12.6 Å². The number of aryl methyl sites for hydroxylation is 2. The first-order chi connectivity index (χ1) is 8.68. The molecule has 1 aromatic heterocycles. The zero-order chi connectivity index (χ0) is 13.0. The number of hydrogen-bond acceptors (Lipinski definition) is 2. The lowest BCUT2D eigenvalue weighted by Gasteiger charge is -2.12. The van der Waals surface area contributed by atoms with Crippen molar-refractivity contribution in [1.29, 1.82) is 0 Å². The lowest BCUT2D eigenvalue weighted by molar-refractivity contribution is 0.163. The first-order valence-electron chi connectivity index (χ1n) is 6.00. The fourth-order valence-electron chi connectivity index (χ4n) is 1.99. The Labute approximate surface area is 106 Å². The van der Waals surface area contributed by atoms with E-state index in [0.29, 0.717) is 12.0 Å². The van der Waals surface area contributed by atoms with Crippen molar-refractivity contribution >= 4 is 0 Å². The topological polar surface area (TPSA) is 33.1 Å². The standard InChI is InChI=1S/C15H16FNO/c1-11-4-2-3-5-12(11)6-7-15(18)13-8-9-17-10-14(13)16/h2-5,8-10,15,18H,6-7H2,1H3. The van der Waals surface area contributed by atoms with Crippen LogP contribution in [0.25, 0.3) is 0 Å². The van der Waals surface area contributed by atoms with Crippen molar-refractivity contribution in [2.24, 2.45) is 0 Å². The highest BCUT2D eigenvalue weighted by Crippen LogP contribution is 2.21. The molecule has 18 heavy (non-hydrogen) atoms. The Morgan fingerprint density at radius 2 is 2.06 bits per heavy atom. The molecule has 0 bridgehead atoms. The number of aliphatic hydroxyl groups is 1. The number of benzene rings is 1. The Kier molecular flexibility index (Phi) is 4.05. The summed E-state index contributed by atoms with van der Waals surface area (Å²) in [4.78, 5) is 3.67. The average molecular weight is 245 g/mol. The number of pyridine rings is 1. The van der Waals surface area contributed by atoms with Crippen molar-refractivity contribution in [3.05, 3.63) is 65.2 Å². The van der Waals surface area contributed by atoms with Crippen molar-refractivity contribution < 1.29 is 9.50 Å². The average Bonchev–Trinajstić information content (AvgIpc) is 2.38. The number of aliphatic hydroxyl groups excluding tert-OH is 1. The van der Waals surface area contributed by atoms with Crippen LogP contribution in [0.15, 0.2) is 42.7 Å². The van der Waals surface area contributed by atoms with E-state index in [1.54, 1.807) is 0 Å². The highest BCUT2D eigenvalue weighted by Gasteiger charge is 2.12. The molecule has 2 aromatic rings. The Bertz CT molecular complexity index is 527. The molecule has 0 aliphatic rings. The first-order valence-corrected chi connectivity index (χ1v) is 6.00. The van der Waals surface area contributed by atoms with Crippen LogP contribution in [-0.4, -0.2) is 10.1 Å². The molecule has 2 nitrogen and oxygen atoms in total. The third-order valence-corrected chi connectivity index (χ3v) is 3.11. The van der Waals surface area contributed by atoms with Gasteiger partial charge in [-0.1, -0.05) is 24.3 Å². The summed E-state index contributed by atoms with van der Waals surface area (Å²) in [7, 11) is 0. The zero-order valence-corrected chi connectivity index (χ0v) is 10.3. The summed E-state index contributed by atoms with van der Waals surface area (Å²) in [5.74, 6) is -0.449. The third kappa shape index (κ3) is 2.93. The van der Waals surface area contributed by atoms with Crippen molar-refractivity contribution in [2.75, 3.05) is 0 Å². The van der Waals surface area contributed by atoms with Gasteiger partial charge in [0.15, 0.2) is 0 Å². The highest BCUT2D eigenvalue weighted by atomic mass is 19.1. The van der Waals surface area contributed by atoms with Gasteiger partial charge >= 0.3 is 0 Å². The summed E-state index contributed by atoms with van der Waals surface area (Å²) in [6.07, 6.45) is 3.08. The Morgan fingerprint density at radius 1 is 1.28 bits per heavy atom. The Morgan fingerprint density at radius 3 is 2.78 bits per heavy atom. The molecule has 94 valence electrons. The van der Waals surface area contributed by atoms with Crippen LogP contribution in [0.1, 0.15) is 29.2 Å². The first kappa shape index (κ1) is 12.7. The second-order valence-electron chi connectivity index (χ2n) is 4.38. The van der Waals surface area contributed by atoms with E-state index in [1.807, 2.05) is 31.2 Å². The summed E-state index contributed by atoms with van der Waals surface area (Å²) in [5.41, 5.74) is 2.70. The van der Waals surface area contributed by atoms with Crippen LogP contribution in [-0.2, 0) is 6.42 Å². The minimum Gasteiger partial charge on any atom is -0.388 e. The molecule has 1 aromatic carbocycles. The van der Waals surface area contributed by atoms with E-state index in [1.165, 1.54) is 23.4 Å². The number of rotatable bonds is 4. The van der Waals surface area contributed by atoms with Crippen molar-refractivity contribution in [1.82, 2.24) is 4.98 Å². The minimum atomic E-state index is -0.785. The zero-order valence-electron chi connectivity index (χ0n) is 10.3. The Hall–Kier alpha value is -1.74. The van der Waals surface area contributed by atoms with Crippen LogP contribution in [0.3, 0.4) is 0 Å². The summed E-state index contributed by atoms with van der Waals surface area (Å²) in [6.45, 7) is 2.04. The Balaban J connectivity index is 2.03. The monoisotopic (exact) mass is 245 g/mol. The molecule has 0 spiro atoms. The van der Waals surface area contributed by atoms with Gasteiger partial charge in [-0.2, -0.15) is 0 Å². The van der Waals surface area contributed by atoms with Crippen LogP contribution in [0.2, 0.25) is 0 Å². The maximum Gasteiger partial charge on any atom is 0.147 e. The molecule has 0 fully saturated rings. The van der Waals surface area contributed by atoms with Crippen molar-refractivity contribution in [2.45, 2.75) is 25.9 Å². The summed E-state index contributed by atoms with van der Waals surface area (Å²) in [6, 6.07) is 9.55. The molecule has 1 unspecified atom stereocenters. The highest BCUT2D eigenvalue weighted by molar-refractivity contribution is 5.26. The van der Waals surface area contributed by atoms with Gasteiger partial charge in [-0.25, -0.2) is 4.39 Å². The lowest BCUT2D eigenvalue weighted by Crippen LogP contribution is -2.03. The van der Waals surface area contributed by atoms with Crippen LogP contribution in [0.4, 0.5) is 4.39 Å². The van der Waals surface area contributed by atoms with E-state index in [9.17, 15) is 9.50 Å². The van der Waals surface area contributed by atoms with Gasteiger partial charge in [0.25, 0.3) is 0 Å². The second-order valence-corrected chi connectivity index (χ2v) is 4.38. The van der Waals surface area contributed by atoms with E-state index in [2.05, 4.69) is 4.98 Å². The van der Waals surface area contributed by atoms with Gasteiger partial charge in [-0.3, -0.25) is 4.98 Å².